The van der Waals surface area contributed by atoms with Gasteiger partial charge in [0.1, 0.15) is 0 Å². The minimum absolute atomic E-state index is 0.293. The second-order valence-corrected chi connectivity index (χ2v) is 3.69. The first-order valence-corrected chi connectivity index (χ1v) is 5.14. The van der Waals surface area contributed by atoms with E-state index in [1.807, 2.05) is 0 Å². The Balaban J connectivity index is 2.15. The molecule has 1 saturated heterocycles. The number of nitrogens with one attached hydrogen (secondary N) is 1. The van der Waals surface area contributed by atoms with Gasteiger partial charge >= 0.3 is 5.97 Å². The highest BCUT2D eigenvalue weighted by atomic mass is 16.6. The van der Waals surface area contributed by atoms with Crippen molar-refractivity contribution in [1.82, 2.24) is 5.32 Å². The van der Waals surface area contributed by atoms with Gasteiger partial charge in [-0.15, -0.1) is 0 Å². The molecule has 1 heterocycles. The van der Waals surface area contributed by atoms with E-state index in [2.05, 4.69) is 10.1 Å². The van der Waals surface area contributed by atoms with Crippen LogP contribution >= 0.6 is 0 Å². The summed E-state index contributed by atoms with van der Waals surface area (Å²) in [4.78, 5) is 11.0. The largest absolute Gasteiger partial charge is 0.467 e. The van der Waals surface area contributed by atoms with Crippen LogP contribution < -0.4 is 5.32 Å². The molecule has 0 aromatic rings. The Bertz CT molecular complexity index is 178. The van der Waals surface area contributed by atoms with Crippen molar-refractivity contribution >= 4 is 5.97 Å². The van der Waals surface area contributed by atoms with Gasteiger partial charge in [0, 0.05) is 0 Å². The quantitative estimate of drug-likeness (QED) is 0.675. The molecule has 0 amide bonds. The molecule has 4 nitrogen and oxygen atoms in total. The van der Waals surface area contributed by atoms with Crippen LogP contribution in [0.15, 0.2) is 0 Å². The molecule has 0 saturated carbocycles. The lowest BCUT2D eigenvalue weighted by Gasteiger charge is -2.23. The summed E-state index contributed by atoms with van der Waals surface area (Å²) in [5.41, 5.74) is 0. The molecule has 1 N–H and O–H groups in total. The molecule has 0 aromatic heterocycles. The number of ether oxygens (including phenoxy) is 2. The van der Waals surface area contributed by atoms with E-state index < -0.39 is 6.10 Å². The van der Waals surface area contributed by atoms with Crippen molar-refractivity contribution in [3.05, 3.63) is 0 Å². The van der Waals surface area contributed by atoms with E-state index >= 15 is 0 Å². The first-order valence-electron chi connectivity index (χ1n) is 5.14. The van der Waals surface area contributed by atoms with Crippen molar-refractivity contribution in [1.29, 1.82) is 0 Å². The van der Waals surface area contributed by atoms with Gasteiger partial charge in [0.05, 0.1) is 13.7 Å². The monoisotopic (exact) mass is 201 g/mol. The SMILES string of the molecule is COC(=O)C(C)OCC1CCNCC1. The standard InChI is InChI=1S/C10H19NO3/c1-8(10(12)13-2)14-7-9-3-5-11-6-4-9/h8-9,11H,3-7H2,1-2H3. The van der Waals surface area contributed by atoms with E-state index in [4.69, 9.17) is 4.74 Å². The zero-order valence-corrected chi connectivity index (χ0v) is 8.91. The van der Waals surface area contributed by atoms with E-state index in [0.29, 0.717) is 12.5 Å². The van der Waals surface area contributed by atoms with Gasteiger partial charge in [-0.1, -0.05) is 0 Å². The maximum Gasteiger partial charge on any atom is 0.334 e. The van der Waals surface area contributed by atoms with Crippen LogP contribution in [0.3, 0.4) is 0 Å². The fourth-order valence-corrected chi connectivity index (χ4v) is 1.56. The first-order chi connectivity index (χ1) is 6.74. The Kier molecular flexibility index (Phi) is 4.90. The molecule has 0 aliphatic carbocycles. The molecule has 1 rings (SSSR count). The van der Waals surface area contributed by atoms with E-state index in [0.717, 1.165) is 25.9 Å². The lowest BCUT2D eigenvalue weighted by Crippen LogP contribution is -2.32. The smallest absolute Gasteiger partial charge is 0.334 e. The molecule has 0 aromatic carbocycles. The molecule has 1 unspecified atom stereocenters. The van der Waals surface area contributed by atoms with Gasteiger partial charge in [-0.2, -0.15) is 0 Å². The van der Waals surface area contributed by atoms with E-state index in [1.54, 1.807) is 6.92 Å². The minimum Gasteiger partial charge on any atom is -0.467 e. The molecule has 14 heavy (non-hydrogen) atoms. The predicted molar refractivity (Wildman–Crippen MR) is 53.0 cm³/mol. The number of carbonyl (C=O) groups excluding carboxylic acids is 1. The fraction of sp³-hybridized carbons (Fsp3) is 0.900. The third-order valence-electron chi connectivity index (χ3n) is 2.57. The third kappa shape index (κ3) is 3.64. The summed E-state index contributed by atoms with van der Waals surface area (Å²) in [6.45, 7) is 4.51. The van der Waals surface area contributed by atoms with Crippen LogP contribution in [-0.4, -0.2) is 38.9 Å². The van der Waals surface area contributed by atoms with E-state index in [9.17, 15) is 4.79 Å². The molecular weight excluding hydrogens is 182 g/mol. The Morgan fingerprint density at radius 2 is 2.14 bits per heavy atom. The average molecular weight is 201 g/mol. The van der Waals surface area contributed by atoms with Gasteiger partial charge in [0.2, 0.25) is 0 Å². The van der Waals surface area contributed by atoms with Crippen molar-refractivity contribution in [2.24, 2.45) is 5.92 Å². The number of esters is 1. The summed E-state index contributed by atoms with van der Waals surface area (Å²) in [5, 5.41) is 3.29. The fourth-order valence-electron chi connectivity index (χ4n) is 1.56. The van der Waals surface area contributed by atoms with Gasteiger partial charge < -0.3 is 14.8 Å². The zero-order chi connectivity index (χ0) is 10.4. The maximum absolute atomic E-state index is 11.0. The molecule has 0 radical (unpaired) electrons. The molecular formula is C10H19NO3. The van der Waals surface area contributed by atoms with Crippen molar-refractivity contribution in [2.45, 2.75) is 25.9 Å². The summed E-state index contributed by atoms with van der Waals surface area (Å²) in [7, 11) is 1.38. The highest BCUT2D eigenvalue weighted by Crippen LogP contribution is 2.12. The van der Waals surface area contributed by atoms with Crippen LogP contribution in [0.2, 0.25) is 0 Å². The highest BCUT2D eigenvalue weighted by Gasteiger charge is 2.18. The van der Waals surface area contributed by atoms with Crippen LogP contribution in [0, 0.1) is 5.92 Å². The predicted octanol–water partition coefficient (Wildman–Crippen LogP) is 0.564. The van der Waals surface area contributed by atoms with Crippen molar-refractivity contribution in [3.63, 3.8) is 0 Å². The topological polar surface area (TPSA) is 47.6 Å². The zero-order valence-electron chi connectivity index (χ0n) is 8.91. The second kappa shape index (κ2) is 5.98. The van der Waals surface area contributed by atoms with Crippen molar-refractivity contribution in [2.75, 3.05) is 26.8 Å². The summed E-state index contributed by atoms with van der Waals surface area (Å²) in [6, 6.07) is 0. The summed E-state index contributed by atoms with van der Waals surface area (Å²) in [5.74, 6) is 0.294. The Hall–Kier alpha value is -0.610. The Morgan fingerprint density at radius 1 is 1.50 bits per heavy atom. The van der Waals surface area contributed by atoms with Crippen LogP contribution in [0.4, 0.5) is 0 Å². The van der Waals surface area contributed by atoms with Crippen molar-refractivity contribution < 1.29 is 14.3 Å². The molecule has 1 aliphatic heterocycles. The lowest BCUT2D eigenvalue weighted by atomic mass is 9.99. The molecule has 4 heteroatoms. The van der Waals surface area contributed by atoms with E-state index in [1.165, 1.54) is 7.11 Å². The minimum atomic E-state index is -0.435. The van der Waals surface area contributed by atoms with E-state index in [-0.39, 0.29) is 5.97 Å². The Labute approximate surface area is 85.0 Å². The summed E-state index contributed by atoms with van der Waals surface area (Å²) < 4.78 is 10.0. The number of hydrogen-bond donors (Lipinski definition) is 1. The van der Waals surface area contributed by atoms with Crippen LogP contribution in [-0.2, 0) is 14.3 Å². The normalized spacial score (nSPS) is 20.4. The van der Waals surface area contributed by atoms with Gasteiger partial charge in [0.15, 0.2) is 6.10 Å². The molecule has 1 atom stereocenters. The van der Waals surface area contributed by atoms with Crippen LogP contribution in [0.1, 0.15) is 19.8 Å². The van der Waals surface area contributed by atoms with Crippen LogP contribution in [0.5, 0.6) is 0 Å². The van der Waals surface area contributed by atoms with Gasteiger partial charge in [-0.05, 0) is 38.8 Å². The number of hydrogen-bond acceptors (Lipinski definition) is 4. The van der Waals surface area contributed by atoms with Gasteiger partial charge in [-0.3, -0.25) is 0 Å². The maximum atomic E-state index is 11.0. The average Bonchev–Trinajstić information content (AvgIpc) is 2.26. The van der Waals surface area contributed by atoms with Gasteiger partial charge in [0.25, 0.3) is 0 Å². The molecule has 1 aliphatic rings. The number of carbonyl (C=O) groups is 1. The van der Waals surface area contributed by atoms with Crippen LogP contribution in [0.25, 0.3) is 0 Å². The lowest BCUT2D eigenvalue weighted by molar-refractivity contribution is -0.153. The number of piperidine rings is 1. The summed E-state index contributed by atoms with van der Waals surface area (Å²) in [6.07, 6.45) is 1.83. The second-order valence-electron chi connectivity index (χ2n) is 3.69. The molecule has 0 bridgehead atoms. The third-order valence-corrected chi connectivity index (χ3v) is 2.57. The summed E-state index contributed by atoms with van der Waals surface area (Å²) >= 11 is 0. The first kappa shape index (κ1) is 11.5. The van der Waals surface area contributed by atoms with Gasteiger partial charge in [-0.25, -0.2) is 4.79 Å². The number of rotatable bonds is 4. The van der Waals surface area contributed by atoms with Crippen molar-refractivity contribution in [3.8, 4) is 0 Å². The highest BCUT2D eigenvalue weighted by molar-refractivity contribution is 5.73. The molecule has 82 valence electrons. The molecule has 0 spiro atoms. The molecule has 1 fully saturated rings. The number of methoxy groups -OCH3 is 1. The Morgan fingerprint density at radius 3 is 2.71 bits per heavy atom.